The molecule has 0 saturated carbocycles. The first-order valence-electron chi connectivity index (χ1n) is 10.2. The van der Waals surface area contributed by atoms with Crippen molar-refractivity contribution >= 4 is 22.5 Å². The summed E-state index contributed by atoms with van der Waals surface area (Å²) in [6.45, 7) is 0. The molecular formula is C26H24N2O5. The molecule has 0 aliphatic rings. The van der Waals surface area contributed by atoms with Crippen molar-refractivity contribution in [2.45, 2.75) is 0 Å². The van der Waals surface area contributed by atoms with Gasteiger partial charge < -0.3 is 24.3 Å². The summed E-state index contributed by atoms with van der Waals surface area (Å²) in [6, 6.07) is 20.1. The van der Waals surface area contributed by atoms with Crippen LogP contribution in [0.3, 0.4) is 0 Å². The summed E-state index contributed by atoms with van der Waals surface area (Å²) in [5.74, 6) is 2.06. The quantitative estimate of drug-likeness (QED) is 0.423. The Hall–Kier alpha value is -4.26. The Morgan fingerprint density at radius 2 is 1.52 bits per heavy atom. The smallest absolute Gasteiger partial charge is 0.256 e. The van der Waals surface area contributed by atoms with Crippen LogP contribution in [0.4, 0.5) is 5.69 Å². The van der Waals surface area contributed by atoms with Gasteiger partial charge in [-0.3, -0.25) is 4.79 Å². The van der Waals surface area contributed by atoms with E-state index in [2.05, 4.69) is 5.32 Å². The summed E-state index contributed by atoms with van der Waals surface area (Å²) in [5, 5.41) is 3.69. The van der Waals surface area contributed by atoms with E-state index in [4.69, 9.17) is 23.9 Å². The lowest BCUT2D eigenvalue weighted by Crippen LogP contribution is -2.14. The Morgan fingerprint density at radius 1 is 0.758 bits per heavy atom. The highest BCUT2D eigenvalue weighted by Crippen LogP contribution is 2.34. The Kier molecular flexibility index (Phi) is 6.31. The van der Waals surface area contributed by atoms with E-state index in [1.165, 1.54) is 0 Å². The highest BCUT2D eigenvalue weighted by atomic mass is 16.5. The minimum Gasteiger partial charge on any atom is -0.497 e. The Labute approximate surface area is 191 Å². The van der Waals surface area contributed by atoms with Gasteiger partial charge in [-0.2, -0.15) is 0 Å². The maximum atomic E-state index is 13.4. The van der Waals surface area contributed by atoms with E-state index in [0.717, 1.165) is 10.9 Å². The molecule has 0 aliphatic heterocycles. The number of rotatable bonds is 7. The van der Waals surface area contributed by atoms with E-state index >= 15 is 0 Å². The number of nitrogens with zero attached hydrogens (tertiary/aromatic N) is 1. The Balaban J connectivity index is 1.79. The molecule has 0 spiro atoms. The second-order valence-electron chi connectivity index (χ2n) is 7.16. The summed E-state index contributed by atoms with van der Waals surface area (Å²) in [5.41, 5.74) is 3.17. The van der Waals surface area contributed by atoms with Crippen molar-refractivity contribution in [1.82, 2.24) is 4.98 Å². The normalized spacial score (nSPS) is 10.5. The second kappa shape index (κ2) is 9.48. The molecule has 0 aliphatic carbocycles. The number of carbonyl (C=O) groups is 1. The van der Waals surface area contributed by atoms with Gasteiger partial charge in [-0.1, -0.05) is 18.2 Å². The van der Waals surface area contributed by atoms with Crippen LogP contribution in [0.2, 0.25) is 0 Å². The lowest BCUT2D eigenvalue weighted by atomic mass is 10.0. The van der Waals surface area contributed by atoms with Crippen LogP contribution in [-0.2, 0) is 0 Å². The van der Waals surface area contributed by atoms with Gasteiger partial charge in [-0.05, 0) is 42.5 Å². The van der Waals surface area contributed by atoms with E-state index in [-0.39, 0.29) is 5.91 Å². The fourth-order valence-electron chi connectivity index (χ4n) is 3.60. The summed E-state index contributed by atoms with van der Waals surface area (Å²) in [4.78, 5) is 18.2. The molecule has 0 saturated heterocycles. The number of carbonyl (C=O) groups excluding carboxylic acids is 1. The number of ether oxygens (including phenoxy) is 4. The molecule has 1 aromatic heterocycles. The molecule has 0 bridgehead atoms. The highest BCUT2D eigenvalue weighted by Gasteiger charge is 2.17. The molecule has 1 N–H and O–H groups in total. The predicted octanol–water partition coefficient (Wildman–Crippen LogP) is 5.19. The van der Waals surface area contributed by atoms with Gasteiger partial charge in [-0.15, -0.1) is 0 Å². The lowest BCUT2D eigenvalue weighted by molar-refractivity contribution is 0.102. The van der Waals surface area contributed by atoms with Crippen LogP contribution in [0.25, 0.3) is 22.2 Å². The number of methoxy groups -OCH3 is 4. The number of fused-ring (bicyclic) bond motifs is 1. The van der Waals surface area contributed by atoms with Crippen LogP contribution in [0.15, 0.2) is 66.7 Å². The van der Waals surface area contributed by atoms with Crippen LogP contribution in [0.1, 0.15) is 10.4 Å². The standard InChI is InChI=1S/C26H24N2O5/c1-30-17-10-11-21(24(14-17)32-3)28-26(29)19-15-22(27-20-8-6-5-7-18(19)20)16-9-12-23(31-2)25(13-16)33-4/h5-15H,1-4H3,(H,28,29). The van der Waals surface area contributed by atoms with Gasteiger partial charge in [0.05, 0.1) is 50.9 Å². The van der Waals surface area contributed by atoms with Crippen molar-refractivity contribution in [2.24, 2.45) is 0 Å². The molecule has 0 radical (unpaired) electrons. The molecule has 1 amide bonds. The zero-order valence-corrected chi connectivity index (χ0v) is 18.8. The van der Waals surface area contributed by atoms with Crippen molar-refractivity contribution in [3.63, 3.8) is 0 Å². The van der Waals surface area contributed by atoms with Crippen molar-refractivity contribution in [1.29, 1.82) is 0 Å². The monoisotopic (exact) mass is 444 g/mol. The number of aromatic nitrogens is 1. The van der Waals surface area contributed by atoms with E-state index in [0.29, 0.717) is 45.5 Å². The number of hydrogen-bond acceptors (Lipinski definition) is 6. The van der Waals surface area contributed by atoms with E-state index in [1.807, 2.05) is 42.5 Å². The minimum atomic E-state index is -0.279. The predicted molar refractivity (Wildman–Crippen MR) is 128 cm³/mol. The van der Waals surface area contributed by atoms with Crippen LogP contribution < -0.4 is 24.3 Å². The fourth-order valence-corrected chi connectivity index (χ4v) is 3.60. The number of benzene rings is 3. The Morgan fingerprint density at radius 3 is 2.24 bits per heavy atom. The lowest BCUT2D eigenvalue weighted by Gasteiger charge is -2.14. The summed E-state index contributed by atoms with van der Waals surface area (Å²) in [6.07, 6.45) is 0. The molecule has 7 heteroatoms. The van der Waals surface area contributed by atoms with Crippen molar-refractivity contribution in [2.75, 3.05) is 33.8 Å². The summed E-state index contributed by atoms with van der Waals surface area (Å²) in [7, 11) is 6.28. The molecule has 4 aromatic rings. The number of hydrogen-bond donors (Lipinski definition) is 1. The second-order valence-corrected chi connectivity index (χ2v) is 7.16. The Bertz CT molecular complexity index is 1320. The first kappa shape index (κ1) is 22.0. The van der Waals surface area contributed by atoms with Crippen LogP contribution in [0.5, 0.6) is 23.0 Å². The molecule has 4 rings (SSSR count). The summed E-state index contributed by atoms with van der Waals surface area (Å²) >= 11 is 0. The molecule has 0 fully saturated rings. The van der Waals surface area contributed by atoms with E-state index in [9.17, 15) is 4.79 Å². The maximum absolute atomic E-state index is 13.4. The molecule has 33 heavy (non-hydrogen) atoms. The van der Waals surface area contributed by atoms with E-state index < -0.39 is 0 Å². The first-order chi connectivity index (χ1) is 16.1. The third-order valence-electron chi connectivity index (χ3n) is 5.30. The van der Waals surface area contributed by atoms with Gasteiger partial charge in [0.2, 0.25) is 0 Å². The number of amides is 1. The third kappa shape index (κ3) is 4.39. The van der Waals surface area contributed by atoms with Gasteiger partial charge in [0.15, 0.2) is 11.5 Å². The van der Waals surface area contributed by atoms with Gasteiger partial charge in [0, 0.05) is 17.0 Å². The zero-order valence-electron chi connectivity index (χ0n) is 18.8. The highest BCUT2D eigenvalue weighted by molar-refractivity contribution is 6.13. The van der Waals surface area contributed by atoms with Crippen molar-refractivity contribution in [3.05, 3.63) is 72.3 Å². The van der Waals surface area contributed by atoms with Crippen molar-refractivity contribution in [3.8, 4) is 34.3 Å². The van der Waals surface area contributed by atoms with Gasteiger partial charge in [0.25, 0.3) is 5.91 Å². The third-order valence-corrected chi connectivity index (χ3v) is 5.30. The molecule has 1 heterocycles. The molecular weight excluding hydrogens is 420 g/mol. The summed E-state index contributed by atoms with van der Waals surface area (Å²) < 4.78 is 21.4. The van der Waals surface area contributed by atoms with Crippen LogP contribution in [-0.4, -0.2) is 39.3 Å². The van der Waals surface area contributed by atoms with Gasteiger partial charge in [0.1, 0.15) is 11.5 Å². The van der Waals surface area contributed by atoms with Crippen LogP contribution >= 0.6 is 0 Å². The van der Waals surface area contributed by atoms with Crippen LogP contribution in [0, 0.1) is 0 Å². The molecule has 3 aromatic carbocycles. The number of nitrogens with one attached hydrogen (secondary N) is 1. The molecule has 0 unspecified atom stereocenters. The zero-order chi connectivity index (χ0) is 23.4. The first-order valence-corrected chi connectivity index (χ1v) is 10.2. The SMILES string of the molecule is COc1ccc(NC(=O)c2cc(-c3ccc(OC)c(OC)c3)nc3ccccc23)c(OC)c1. The largest absolute Gasteiger partial charge is 0.497 e. The molecule has 168 valence electrons. The molecule has 7 nitrogen and oxygen atoms in total. The topological polar surface area (TPSA) is 78.9 Å². The van der Waals surface area contributed by atoms with Gasteiger partial charge in [-0.25, -0.2) is 4.98 Å². The minimum absolute atomic E-state index is 0.279. The average molecular weight is 444 g/mol. The maximum Gasteiger partial charge on any atom is 0.256 e. The number of pyridine rings is 1. The number of anilines is 1. The number of para-hydroxylation sites is 1. The fraction of sp³-hybridized carbons (Fsp3) is 0.154. The van der Waals surface area contributed by atoms with Crippen molar-refractivity contribution < 1.29 is 23.7 Å². The average Bonchev–Trinajstić information content (AvgIpc) is 2.87. The molecule has 0 atom stereocenters. The van der Waals surface area contributed by atoms with Gasteiger partial charge >= 0.3 is 0 Å². The van der Waals surface area contributed by atoms with E-state index in [1.54, 1.807) is 52.7 Å².